The minimum absolute atomic E-state index is 0.0349. The van der Waals surface area contributed by atoms with Crippen LogP contribution >= 0.6 is 0 Å². The Balaban J connectivity index is 2.16. The van der Waals surface area contributed by atoms with Crippen LogP contribution in [0.15, 0.2) is 24.3 Å². The fourth-order valence-electron chi connectivity index (χ4n) is 2.93. The van der Waals surface area contributed by atoms with Crippen molar-refractivity contribution in [3.05, 3.63) is 29.8 Å². The molecule has 118 valence electrons. The molecule has 2 atom stereocenters. The molecule has 0 heterocycles. The van der Waals surface area contributed by atoms with Crippen molar-refractivity contribution in [2.45, 2.75) is 50.6 Å². The molecule has 0 amide bonds. The van der Waals surface area contributed by atoms with Crippen molar-refractivity contribution in [3.63, 3.8) is 0 Å². The molecule has 0 saturated heterocycles. The molecule has 1 saturated carbocycles. The van der Waals surface area contributed by atoms with E-state index in [1.165, 1.54) is 18.2 Å². The minimum atomic E-state index is -4.77. The molecule has 1 aliphatic rings. The Morgan fingerprint density at radius 2 is 1.76 bits per heavy atom. The summed E-state index contributed by atoms with van der Waals surface area (Å²) in [7, 11) is 0. The number of aliphatic hydroxyl groups excluding tert-OH is 1. The molecule has 0 radical (unpaired) electrons. The molecule has 0 bridgehead atoms. The van der Waals surface area contributed by atoms with E-state index in [1.807, 2.05) is 0 Å². The van der Waals surface area contributed by atoms with Crippen LogP contribution in [0.25, 0.3) is 0 Å². The van der Waals surface area contributed by atoms with Gasteiger partial charge in [0.25, 0.3) is 0 Å². The largest absolute Gasteiger partial charge is 0.573 e. The summed E-state index contributed by atoms with van der Waals surface area (Å²) in [5.41, 5.74) is 6.18. The van der Waals surface area contributed by atoms with Crippen molar-refractivity contribution in [1.82, 2.24) is 0 Å². The summed E-state index contributed by atoms with van der Waals surface area (Å²) >= 11 is 0. The van der Waals surface area contributed by atoms with Gasteiger partial charge in [0.05, 0.1) is 12.1 Å². The Labute approximate surface area is 121 Å². The van der Waals surface area contributed by atoms with Crippen LogP contribution in [-0.2, 0) is 0 Å². The molecule has 0 spiro atoms. The number of alkyl halides is 3. The number of aliphatic hydroxyl groups is 1. The van der Waals surface area contributed by atoms with Crippen molar-refractivity contribution >= 4 is 0 Å². The summed E-state index contributed by atoms with van der Waals surface area (Å²) in [4.78, 5) is 0. The van der Waals surface area contributed by atoms with Gasteiger partial charge in [-0.1, -0.05) is 37.5 Å². The molecule has 2 rings (SSSR count). The number of rotatable bonds is 4. The Bertz CT molecular complexity index is 458. The van der Waals surface area contributed by atoms with E-state index in [0.29, 0.717) is 0 Å². The maximum atomic E-state index is 12.4. The first kappa shape index (κ1) is 16.1. The molecule has 1 aromatic carbocycles. The molecule has 0 unspecified atom stereocenters. The second-order valence-corrected chi connectivity index (χ2v) is 5.50. The van der Waals surface area contributed by atoms with Gasteiger partial charge in [0.15, 0.2) is 0 Å². The van der Waals surface area contributed by atoms with Gasteiger partial charge in [-0.2, -0.15) is 0 Å². The van der Waals surface area contributed by atoms with Crippen LogP contribution in [-0.4, -0.2) is 17.6 Å². The van der Waals surface area contributed by atoms with Crippen molar-refractivity contribution in [1.29, 1.82) is 0 Å². The van der Waals surface area contributed by atoms with Crippen molar-refractivity contribution in [3.8, 4) is 5.75 Å². The Morgan fingerprint density at radius 1 is 1.14 bits per heavy atom. The molecule has 0 aromatic heterocycles. The van der Waals surface area contributed by atoms with Gasteiger partial charge in [0.1, 0.15) is 5.75 Å². The normalized spacial score (nSPS) is 20.0. The first-order valence-corrected chi connectivity index (χ1v) is 7.17. The Morgan fingerprint density at radius 3 is 2.38 bits per heavy atom. The monoisotopic (exact) mass is 303 g/mol. The van der Waals surface area contributed by atoms with E-state index in [1.54, 1.807) is 6.07 Å². The Kier molecular flexibility index (Phi) is 5.11. The minimum Gasteiger partial charge on any atom is -0.405 e. The molecule has 3 nitrogen and oxygen atoms in total. The third-order valence-electron chi connectivity index (χ3n) is 4.00. The lowest BCUT2D eigenvalue weighted by Crippen LogP contribution is -2.34. The second kappa shape index (κ2) is 6.66. The van der Waals surface area contributed by atoms with E-state index in [0.717, 1.165) is 32.1 Å². The number of ether oxygens (including phenoxy) is 1. The summed E-state index contributed by atoms with van der Waals surface area (Å²) in [5.74, 6) is -0.306. The summed E-state index contributed by atoms with van der Waals surface area (Å²) in [6, 6.07) is 4.84. The number of nitrogens with two attached hydrogens (primary N) is 1. The zero-order valence-electron chi connectivity index (χ0n) is 11.6. The summed E-state index contributed by atoms with van der Waals surface area (Å²) in [6.07, 6.45) is -0.737. The van der Waals surface area contributed by atoms with Crippen molar-refractivity contribution in [2.24, 2.45) is 11.7 Å². The van der Waals surface area contributed by atoms with Gasteiger partial charge in [-0.3, -0.25) is 0 Å². The highest BCUT2D eigenvalue weighted by atomic mass is 19.4. The highest BCUT2D eigenvalue weighted by Crippen LogP contribution is 2.35. The van der Waals surface area contributed by atoms with E-state index in [4.69, 9.17) is 5.73 Å². The summed E-state index contributed by atoms with van der Waals surface area (Å²) in [5, 5.41) is 10.4. The maximum Gasteiger partial charge on any atom is 0.573 e. The number of para-hydroxylation sites is 1. The van der Waals surface area contributed by atoms with E-state index < -0.39 is 18.5 Å². The van der Waals surface area contributed by atoms with Gasteiger partial charge in [0, 0.05) is 5.56 Å². The molecule has 3 N–H and O–H groups in total. The topological polar surface area (TPSA) is 55.5 Å². The van der Waals surface area contributed by atoms with Crippen LogP contribution in [0.2, 0.25) is 0 Å². The molecule has 6 heteroatoms. The SMILES string of the molecule is N[C@@H](c1ccccc1OC(F)(F)F)[C@H](O)C1CCCCC1. The third-order valence-corrected chi connectivity index (χ3v) is 4.00. The van der Waals surface area contributed by atoms with Crippen LogP contribution in [0.5, 0.6) is 5.75 Å². The second-order valence-electron chi connectivity index (χ2n) is 5.50. The molecule has 1 aliphatic carbocycles. The zero-order chi connectivity index (χ0) is 15.5. The number of halogens is 3. The van der Waals surface area contributed by atoms with E-state index in [9.17, 15) is 18.3 Å². The Hall–Kier alpha value is -1.27. The van der Waals surface area contributed by atoms with Gasteiger partial charge in [0.2, 0.25) is 0 Å². The summed E-state index contributed by atoms with van der Waals surface area (Å²) in [6.45, 7) is 0. The molecule has 1 aromatic rings. The van der Waals surface area contributed by atoms with E-state index >= 15 is 0 Å². The number of hydrogen-bond acceptors (Lipinski definition) is 3. The van der Waals surface area contributed by atoms with Crippen LogP contribution in [0.1, 0.15) is 43.7 Å². The van der Waals surface area contributed by atoms with Crippen LogP contribution < -0.4 is 10.5 Å². The smallest absolute Gasteiger partial charge is 0.405 e. The summed E-state index contributed by atoms with van der Waals surface area (Å²) < 4.78 is 41.2. The van der Waals surface area contributed by atoms with Crippen LogP contribution in [0.3, 0.4) is 0 Å². The fourth-order valence-corrected chi connectivity index (χ4v) is 2.93. The van der Waals surface area contributed by atoms with E-state index in [2.05, 4.69) is 4.74 Å². The average Bonchev–Trinajstić information content (AvgIpc) is 2.45. The molecule has 0 aliphatic heterocycles. The lowest BCUT2D eigenvalue weighted by molar-refractivity contribution is -0.275. The lowest BCUT2D eigenvalue weighted by Gasteiger charge is -2.31. The predicted octanol–water partition coefficient (Wildman–Crippen LogP) is 3.53. The van der Waals surface area contributed by atoms with Gasteiger partial charge in [-0.15, -0.1) is 13.2 Å². The molecular formula is C15H20F3NO2. The first-order chi connectivity index (χ1) is 9.88. The van der Waals surface area contributed by atoms with Crippen molar-refractivity contribution < 1.29 is 23.0 Å². The van der Waals surface area contributed by atoms with Gasteiger partial charge in [-0.25, -0.2) is 0 Å². The van der Waals surface area contributed by atoms with Gasteiger partial charge < -0.3 is 15.6 Å². The molecule has 1 fully saturated rings. The van der Waals surface area contributed by atoms with Gasteiger partial charge >= 0.3 is 6.36 Å². The maximum absolute atomic E-state index is 12.4. The molecular weight excluding hydrogens is 283 g/mol. The third kappa shape index (κ3) is 4.35. The molecule has 21 heavy (non-hydrogen) atoms. The number of hydrogen-bond donors (Lipinski definition) is 2. The standard InChI is InChI=1S/C15H20F3NO2/c16-15(17,18)21-12-9-5-4-8-11(12)13(19)14(20)10-6-2-1-3-7-10/h4-5,8-10,13-14,20H,1-3,6-7,19H2/t13-,14+/m0/s1. The quantitative estimate of drug-likeness (QED) is 0.894. The average molecular weight is 303 g/mol. The number of benzene rings is 1. The van der Waals surface area contributed by atoms with Crippen LogP contribution in [0, 0.1) is 5.92 Å². The van der Waals surface area contributed by atoms with Gasteiger partial charge in [-0.05, 0) is 24.8 Å². The van der Waals surface area contributed by atoms with E-state index in [-0.39, 0.29) is 17.2 Å². The first-order valence-electron chi connectivity index (χ1n) is 7.17. The lowest BCUT2D eigenvalue weighted by atomic mass is 9.81. The van der Waals surface area contributed by atoms with Crippen LogP contribution in [0.4, 0.5) is 13.2 Å². The zero-order valence-corrected chi connectivity index (χ0v) is 11.6. The highest BCUT2D eigenvalue weighted by molar-refractivity contribution is 5.36. The fraction of sp³-hybridized carbons (Fsp3) is 0.600. The highest BCUT2D eigenvalue weighted by Gasteiger charge is 2.34. The predicted molar refractivity (Wildman–Crippen MR) is 72.6 cm³/mol. The van der Waals surface area contributed by atoms with Crippen molar-refractivity contribution in [2.75, 3.05) is 0 Å².